The predicted molar refractivity (Wildman–Crippen MR) is 70.5 cm³/mol. The summed E-state index contributed by atoms with van der Waals surface area (Å²) < 4.78 is 6.37. The van der Waals surface area contributed by atoms with Gasteiger partial charge in [0.25, 0.3) is 0 Å². The lowest BCUT2D eigenvalue weighted by Gasteiger charge is -2.10. The third-order valence-corrected chi connectivity index (χ3v) is 2.54. The van der Waals surface area contributed by atoms with Crippen LogP contribution in [0.15, 0.2) is 28.9 Å². The largest absolute Gasteiger partial charge is 0.492 e. The van der Waals surface area contributed by atoms with Crippen molar-refractivity contribution >= 4 is 22.0 Å². The topological polar surface area (TPSA) is 52.4 Å². The smallest absolute Gasteiger partial charge is 0.235 e. The van der Waals surface area contributed by atoms with Crippen molar-refractivity contribution in [2.24, 2.45) is 5.92 Å². The summed E-state index contributed by atoms with van der Waals surface area (Å²) in [6.45, 7) is 4.78. The summed E-state index contributed by atoms with van der Waals surface area (Å²) in [5.74, 6) is 1.20. The fraction of sp³-hybridized carbons (Fsp3) is 0.333. The first-order chi connectivity index (χ1) is 7.99. The van der Waals surface area contributed by atoms with E-state index in [2.05, 4.69) is 29.8 Å². The summed E-state index contributed by atoms with van der Waals surface area (Å²) >= 11 is 3.38. The van der Waals surface area contributed by atoms with E-state index in [0.29, 0.717) is 12.5 Å². The summed E-state index contributed by atoms with van der Waals surface area (Å²) in [5.41, 5.74) is 0.755. The lowest BCUT2D eigenvalue weighted by atomic mass is 10.2. The number of hydrogen-bond donors (Lipinski definition) is 0. The Morgan fingerprint density at radius 3 is 2.76 bits per heavy atom. The maximum atomic E-state index is 10.2. The molecule has 1 aromatic rings. The van der Waals surface area contributed by atoms with E-state index in [0.717, 1.165) is 22.0 Å². The van der Waals surface area contributed by atoms with E-state index < -0.39 is 4.92 Å². The van der Waals surface area contributed by atoms with Crippen molar-refractivity contribution in [3.63, 3.8) is 0 Å². The van der Waals surface area contributed by atoms with Crippen LogP contribution in [0.25, 0.3) is 6.08 Å². The molecule has 0 saturated carbocycles. The van der Waals surface area contributed by atoms with E-state index in [1.807, 2.05) is 0 Å². The highest BCUT2D eigenvalue weighted by Gasteiger charge is 2.03. The van der Waals surface area contributed by atoms with Gasteiger partial charge in [-0.2, -0.15) is 0 Å². The Morgan fingerprint density at radius 1 is 1.53 bits per heavy atom. The average molecular weight is 300 g/mol. The zero-order valence-corrected chi connectivity index (χ0v) is 11.3. The van der Waals surface area contributed by atoms with Crippen molar-refractivity contribution < 1.29 is 9.66 Å². The number of nitrogens with zero attached hydrogens (tertiary/aromatic N) is 1. The summed E-state index contributed by atoms with van der Waals surface area (Å²) in [7, 11) is 0. The molecule has 0 N–H and O–H groups in total. The van der Waals surface area contributed by atoms with Crippen molar-refractivity contribution in [2.45, 2.75) is 13.8 Å². The standard InChI is InChI=1S/C12H14BrNO3/c1-9(2)8-17-12-4-3-10(7-11(12)13)5-6-14(15)16/h3-7,9H,8H2,1-2H3/b6-5+. The van der Waals surface area contributed by atoms with Gasteiger partial charge in [-0.05, 0) is 39.5 Å². The third kappa shape index (κ3) is 4.99. The molecule has 0 aromatic heterocycles. The molecule has 0 atom stereocenters. The van der Waals surface area contributed by atoms with E-state index >= 15 is 0 Å². The third-order valence-electron chi connectivity index (χ3n) is 1.92. The zero-order valence-electron chi connectivity index (χ0n) is 9.72. The van der Waals surface area contributed by atoms with Crippen molar-refractivity contribution in [1.82, 2.24) is 0 Å². The van der Waals surface area contributed by atoms with Crippen LogP contribution in [0.2, 0.25) is 0 Å². The lowest BCUT2D eigenvalue weighted by Crippen LogP contribution is -2.04. The highest BCUT2D eigenvalue weighted by atomic mass is 79.9. The normalized spacial score (nSPS) is 11.1. The average Bonchev–Trinajstić information content (AvgIpc) is 2.24. The minimum atomic E-state index is -0.489. The van der Waals surface area contributed by atoms with Crippen LogP contribution in [0.5, 0.6) is 5.75 Å². The maximum Gasteiger partial charge on any atom is 0.235 e. The van der Waals surface area contributed by atoms with E-state index in [4.69, 9.17) is 4.74 Å². The van der Waals surface area contributed by atoms with Gasteiger partial charge in [0.1, 0.15) is 5.75 Å². The van der Waals surface area contributed by atoms with Gasteiger partial charge in [-0.25, -0.2) is 0 Å². The van der Waals surface area contributed by atoms with Crippen LogP contribution in [0, 0.1) is 16.0 Å². The van der Waals surface area contributed by atoms with E-state index in [1.165, 1.54) is 6.08 Å². The molecule has 0 aliphatic rings. The molecule has 0 aliphatic heterocycles. The van der Waals surface area contributed by atoms with Gasteiger partial charge < -0.3 is 4.74 Å². The minimum absolute atomic E-state index is 0.455. The molecule has 92 valence electrons. The maximum absolute atomic E-state index is 10.2. The molecule has 1 rings (SSSR count). The Morgan fingerprint density at radius 2 is 2.24 bits per heavy atom. The first kappa shape index (κ1) is 13.7. The monoisotopic (exact) mass is 299 g/mol. The van der Waals surface area contributed by atoms with Crippen molar-refractivity contribution in [1.29, 1.82) is 0 Å². The van der Waals surface area contributed by atoms with Crippen molar-refractivity contribution in [2.75, 3.05) is 6.61 Å². The second-order valence-electron chi connectivity index (χ2n) is 4.00. The van der Waals surface area contributed by atoms with Crippen LogP contribution in [0.3, 0.4) is 0 Å². The first-order valence-corrected chi connectivity index (χ1v) is 6.02. The number of ether oxygens (including phenoxy) is 1. The summed E-state index contributed by atoms with van der Waals surface area (Å²) in [6.07, 6.45) is 2.35. The van der Waals surface area contributed by atoms with E-state index in [-0.39, 0.29) is 0 Å². The van der Waals surface area contributed by atoms with Gasteiger partial charge in [-0.1, -0.05) is 19.9 Å². The van der Waals surface area contributed by atoms with Crippen LogP contribution in [0.4, 0.5) is 0 Å². The molecule has 0 heterocycles. The van der Waals surface area contributed by atoms with Crippen LogP contribution < -0.4 is 4.74 Å². The molecule has 0 radical (unpaired) electrons. The summed E-state index contributed by atoms with van der Waals surface area (Å²) in [5, 5.41) is 10.2. The Bertz CT molecular complexity index is 430. The van der Waals surface area contributed by atoms with Crippen molar-refractivity contribution in [3.05, 3.63) is 44.5 Å². The predicted octanol–water partition coefficient (Wildman–Crippen LogP) is 3.73. The first-order valence-electron chi connectivity index (χ1n) is 5.23. The molecular weight excluding hydrogens is 286 g/mol. The molecule has 0 aliphatic carbocycles. The molecule has 1 aromatic carbocycles. The van der Waals surface area contributed by atoms with Gasteiger partial charge in [0, 0.05) is 6.08 Å². The molecule has 5 heteroatoms. The van der Waals surface area contributed by atoms with E-state index in [9.17, 15) is 10.1 Å². The highest BCUT2D eigenvalue weighted by Crippen LogP contribution is 2.26. The Balaban J connectivity index is 2.75. The molecule has 0 fully saturated rings. The second-order valence-corrected chi connectivity index (χ2v) is 4.85. The summed E-state index contributed by atoms with van der Waals surface area (Å²) in [6, 6.07) is 5.36. The summed E-state index contributed by atoms with van der Waals surface area (Å²) in [4.78, 5) is 9.70. The van der Waals surface area contributed by atoms with Gasteiger partial charge in [-0.3, -0.25) is 10.1 Å². The lowest BCUT2D eigenvalue weighted by molar-refractivity contribution is -0.400. The number of benzene rings is 1. The molecule has 0 unspecified atom stereocenters. The fourth-order valence-corrected chi connectivity index (χ4v) is 1.65. The number of hydrogen-bond acceptors (Lipinski definition) is 3. The van der Waals surface area contributed by atoms with Gasteiger partial charge in [0.15, 0.2) is 0 Å². The Hall–Kier alpha value is -1.36. The molecule has 0 spiro atoms. The Kier molecular flexibility index (Phi) is 5.15. The molecule has 0 saturated heterocycles. The second kappa shape index (κ2) is 6.39. The van der Waals surface area contributed by atoms with Crippen LogP contribution >= 0.6 is 15.9 Å². The number of rotatable bonds is 5. The molecule has 0 amide bonds. The van der Waals surface area contributed by atoms with Gasteiger partial charge in [0.2, 0.25) is 6.20 Å². The molecule has 0 bridgehead atoms. The molecule has 17 heavy (non-hydrogen) atoms. The minimum Gasteiger partial charge on any atom is -0.492 e. The SMILES string of the molecule is CC(C)COc1ccc(/C=C/[N+](=O)[O-])cc1Br. The van der Waals surface area contributed by atoms with Crippen LogP contribution in [-0.2, 0) is 0 Å². The van der Waals surface area contributed by atoms with Crippen LogP contribution in [0.1, 0.15) is 19.4 Å². The fourth-order valence-electron chi connectivity index (χ4n) is 1.14. The highest BCUT2D eigenvalue weighted by molar-refractivity contribution is 9.10. The zero-order chi connectivity index (χ0) is 12.8. The quantitative estimate of drug-likeness (QED) is 0.615. The molecule has 4 nitrogen and oxygen atoms in total. The van der Waals surface area contributed by atoms with Crippen LogP contribution in [-0.4, -0.2) is 11.5 Å². The Labute approximate surface area is 109 Å². The number of nitro groups is 1. The number of halogens is 1. The van der Waals surface area contributed by atoms with E-state index in [1.54, 1.807) is 18.2 Å². The van der Waals surface area contributed by atoms with Crippen molar-refractivity contribution in [3.8, 4) is 5.75 Å². The molecular formula is C12H14BrNO3. The van der Waals surface area contributed by atoms with Gasteiger partial charge >= 0.3 is 0 Å². The van der Waals surface area contributed by atoms with Gasteiger partial charge in [-0.15, -0.1) is 0 Å². The van der Waals surface area contributed by atoms with Gasteiger partial charge in [0.05, 0.1) is 16.0 Å².